The topological polar surface area (TPSA) is 40.2 Å². The minimum absolute atomic E-state index is 0.279. The maximum atomic E-state index is 7.42. The standard InChI is InChI=1S/C39H37NO4/c1-38(2)34-23-29(43-7)17-19-31(34)35-30-18-16-28(42-6)22-33(30)37-32(36(35)38)20-21-39(44-37,25-10-14-27(41-5)15-11-25)24-8-12-26(13-9-24)40(3)4/h8-23H,1-7H3. The van der Waals surface area contributed by atoms with Crippen LogP contribution in [0.15, 0.2) is 91.0 Å². The molecule has 0 bridgehead atoms. The summed E-state index contributed by atoms with van der Waals surface area (Å²) in [5.41, 5.74) is 8.10. The molecule has 1 aliphatic heterocycles. The Kier molecular flexibility index (Phi) is 6.40. The number of anilines is 1. The van der Waals surface area contributed by atoms with Crippen LogP contribution in [-0.4, -0.2) is 35.4 Å². The van der Waals surface area contributed by atoms with E-state index in [0.29, 0.717) is 0 Å². The Morgan fingerprint density at radius 3 is 1.89 bits per heavy atom. The van der Waals surface area contributed by atoms with Crippen molar-refractivity contribution < 1.29 is 18.9 Å². The summed E-state index contributed by atoms with van der Waals surface area (Å²) in [6.07, 6.45) is 4.49. The van der Waals surface area contributed by atoms with Gasteiger partial charge in [-0.25, -0.2) is 0 Å². The van der Waals surface area contributed by atoms with E-state index in [1.165, 1.54) is 22.3 Å². The average molecular weight is 584 g/mol. The van der Waals surface area contributed by atoms with Crippen LogP contribution in [-0.2, 0) is 11.0 Å². The van der Waals surface area contributed by atoms with E-state index in [2.05, 4.69) is 112 Å². The third-order valence-electron chi connectivity index (χ3n) is 9.38. The molecule has 0 N–H and O–H groups in total. The van der Waals surface area contributed by atoms with Gasteiger partial charge in [0.2, 0.25) is 0 Å². The van der Waals surface area contributed by atoms with Gasteiger partial charge in [-0.05, 0) is 88.3 Å². The van der Waals surface area contributed by atoms with E-state index in [9.17, 15) is 0 Å². The quantitative estimate of drug-likeness (QED) is 0.200. The van der Waals surface area contributed by atoms with Crippen LogP contribution in [0.2, 0.25) is 0 Å². The minimum atomic E-state index is -0.868. The lowest BCUT2D eigenvalue weighted by atomic mass is 9.76. The SMILES string of the molecule is COc1ccc(C2(c3ccc(N(C)C)cc3)C=Cc3c4c(c5ccc(OC)cc5c3O2)-c2ccc(OC)cc2C4(C)C)cc1. The summed E-state index contributed by atoms with van der Waals surface area (Å²) in [6.45, 7) is 4.60. The van der Waals surface area contributed by atoms with Gasteiger partial charge in [0.05, 0.1) is 21.3 Å². The van der Waals surface area contributed by atoms with Gasteiger partial charge in [0.1, 0.15) is 23.0 Å². The first-order valence-corrected chi connectivity index (χ1v) is 14.9. The normalized spacial score (nSPS) is 17.3. The summed E-state index contributed by atoms with van der Waals surface area (Å²) in [6, 6.07) is 29.5. The van der Waals surface area contributed by atoms with Crippen LogP contribution in [0.1, 0.15) is 41.7 Å². The largest absolute Gasteiger partial charge is 0.497 e. The van der Waals surface area contributed by atoms with Crippen LogP contribution in [0, 0.1) is 0 Å². The van der Waals surface area contributed by atoms with Crippen LogP contribution in [0.4, 0.5) is 5.69 Å². The highest BCUT2D eigenvalue weighted by Gasteiger charge is 2.44. The van der Waals surface area contributed by atoms with E-state index in [0.717, 1.165) is 56.1 Å². The highest BCUT2D eigenvalue weighted by atomic mass is 16.5. The summed E-state index contributed by atoms with van der Waals surface area (Å²) in [7, 11) is 9.22. The van der Waals surface area contributed by atoms with Crippen LogP contribution < -0.4 is 23.8 Å². The number of fused-ring (bicyclic) bond motifs is 8. The first-order valence-electron chi connectivity index (χ1n) is 14.9. The summed E-state index contributed by atoms with van der Waals surface area (Å²) >= 11 is 0. The molecule has 44 heavy (non-hydrogen) atoms. The predicted molar refractivity (Wildman–Crippen MR) is 179 cm³/mol. The monoisotopic (exact) mass is 583 g/mol. The fourth-order valence-electron chi connectivity index (χ4n) is 7.02. The molecule has 5 heteroatoms. The van der Waals surface area contributed by atoms with Gasteiger partial charge in [-0.1, -0.05) is 50.3 Å². The summed E-state index contributed by atoms with van der Waals surface area (Å²) < 4.78 is 24.3. The Hall–Kier alpha value is -4.90. The van der Waals surface area contributed by atoms with Gasteiger partial charge in [-0.2, -0.15) is 0 Å². The molecule has 1 unspecified atom stereocenters. The molecule has 5 nitrogen and oxygen atoms in total. The van der Waals surface area contributed by atoms with Gasteiger partial charge in [-0.3, -0.25) is 0 Å². The Labute approximate surface area is 259 Å². The number of hydrogen-bond acceptors (Lipinski definition) is 5. The van der Waals surface area contributed by atoms with E-state index in [1.54, 1.807) is 21.3 Å². The molecule has 2 aliphatic rings. The van der Waals surface area contributed by atoms with Crippen molar-refractivity contribution >= 4 is 22.5 Å². The molecular weight excluding hydrogens is 546 g/mol. The first kappa shape index (κ1) is 27.9. The molecule has 0 amide bonds. The molecule has 1 heterocycles. The lowest BCUT2D eigenvalue weighted by Gasteiger charge is -2.38. The Morgan fingerprint density at radius 2 is 1.25 bits per heavy atom. The van der Waals surface area contributed by atoms with Crippen molar-refractivity contribution in [2.24, 2.45) is 0 Å². The zero-order valence-electron chi connectivity index (χ0n) is 26.3. The highest BCUT2D eigenvalue weighted by molar-refractivity contribution is 6.09. The molecule has 0 spiro atoms. The van der Waals surface area contributed by atoms with Crippen molar-refractivity contribution in [3.05, 3.63) is 119 Å². The summed E-state index contributed by atoms with van der Waals surface area (Å²) in [5, 5.41) is 2.16. The van der Waals surface area contributed by atoms with E-state index in [1.807, 2.05) is 18.2 Å². The second kappa shape index (κ2) is 10.1. The third kappa shape index (κ3) is 3.99. The molecule has 1 aliphatic carbocycles. The van der Waals surface area contributed by atoms with Crippen LogP contribution >= 0.6 is 0 Å². The molecule has 5 aromatic carbocycles. The van der Waals surface area contributed by atoms with Crippen LogP contribution in [0.5, 0.6) is 23.0 Å². The van der Waals surface area contributed by atoms with E-state index < -0.39 is 5.60 Å². The molecule has 0 radical (unpaired) electrons. The number of hydrogen-bond donors (Lipinski definition) is 0. The minimum Gasteiger partial charge on any atom is -0.497 e. The van der Waals surface area contributed by atoms with Gasteiger partial charge in [0.15, 0.2) is 5.60 Å². The molecule has 5 aromatic rings. The molecule has 0 aromatic heterocycles. The lowest BCUT2D eigenvalue weighted by molar-refractivity contribution is 0.163. The summed E-state index contributed by atoms with van der Waals surface area (Å²) in [4.78, 5) is 2.11. The van der Waals surface area contributed by atoms with E-state index in [4.69, 9.17) is 18.9 Å². The molecule has 1 atom stereocenters. The fourth-order valence-corrected chi connectivity index (χ4v) is 7.02. The van der Waals surface area contributed by atoms with Crippen molar-refractivity contribution in [3.8, 4) is 34.1 Å². The molecule has 222 valence electrons. The van der Waals surface area contributed by atoms with Gasteiger partial charge in [0.25, 0.3) is 0 Å². The Bertz CT molecular complexity index is 1940. The van der Waals surface area contributed by atoms with E-state index >= 15 is 0 Å². The molecule has 0 saturated carbocycles. The van der Waals surface area contributed by atoms with Gasteiger partial charge >= 0.3 is 0 Å². The smallest absolute Gasteiger partial charge is 0.178 e. The number of methoxy groups -OCH3 is 3. The first-order chi connectivity index (χ1) is 21.2. The van der Waals surface area contributed by atoms with Crippen molar-refractivity contribution in [2.75, 3.05) is 40.3 Å². The molecule has 7 rings (SSSR count). The van der Waals surface area contributed by atoms with Crippen molar-refractivity contribution in [1.29, 1.82) is 0 Å². The number of ether oxygens (including phenoxy) is 4. The predicted octanol–water partition coefficient (Wildman–Crippen LogP) is 8.59. The number of benzene rings is 5. The molecular formula is C39H37NO4. The van der Waals surface area contributed by atoms with Gasteiger partial charge in [0, 0.05) is 47.3 Å². The van der Waals surface area contributed by atoms with Crippen LogP contribution in [0.25, 0.3) is 28.0 Å². The van der Waals surface area contributed by atoms with Crippen LogP contribution in [0.3, 0.4) is 0 Å². The highest BCUT2D eigenvalue weighted by Crippen LogP contribution is 2.58. The Morgan fingerprint density at radius 1 is 0.659 bits per heavy atom. The summed E-state index contributed by atoms with van der Waals surface area (Å²) in [5.74, 6) is 3.29. The number of rotatable bonds is 6. The third-order valence-corrected chi connectivity index (χ3v) is 9.38. The van der Waals surface area contributed by atoms with Gasteiger partial charge < -0.3 is 23.8 Å². The fraction of sp³-hybridized carbons (Fsp3) is 0.231. The molecule has 0 saturated heterocycles. The second-order valence-electron chi connectivity index (χ2n) is 12.3. The average Bonchev–Trinajstić information content (AvgIpc) is 3.30. The zero-order valence-corrected chi connectivity index (χ0v) is 26.3. The van der Waals surface area contributed by atoms with Gasteiger partial charge in [-0.15, -0.1) is 0 Å². The van der Waals surface area contributed by atoms with Crippen molar-refractivity contribution in [3.63, 3.8) is 0 Å². The zero-order chi connectivity index (χ0) is 30.8. The molecule has 0 fully saturated rings. The van der Waals surface area contributed by atoms with Crippen molar-refractivity contribution in [1.82, 2.24) is 0 Å². The maximum Gasteiger partial charge on any atom is 0.178 e. The number of nitrogens with zero attached hydrogens (tertiary/aromatic N) is 1. The lowest BCUT2D eigenvalue weighted by Crippen LogP contribution is -2.35. The van der Waals surface area contributed by atoms with Crippen molar-refractivity contribution in [2.45, 2.75) is 24.9 Å². The van der Waals surface area contributed by atoms with E-state index in [-0.39, 0.29) is 5.41 Å². The maximum absolute atomic E-state index is 7.42. The second-order valence-corrected chi connectivity index (χ2v) is 12.3. The Balaban J connectivity index is 1.53.